The van der Waals surface area contributed by atoms with E-state index in [9.17, 15) is 13.7 Å². The van der Waals surface area contributed by atoms with Gasteiger partial charge in [0.05, 0.1) is 16.1 Å². The maximum Gasteiger partial charge on any atom is 0.176 e. The van der Waals surface area contributed by atoms with E-state index in [1.54, 1.807) is 6.07 Å². The molecule has 108 valence electrons. The van der Waals surface area contributed by atoms with Crippen LogP contribution >= 0.6 is 0 Å². The van der Waals surface area contributed by atoms with E-state index in [-0.39, 0.29) is 10.5 Å². The summed E-state index contributed by atoms with van der Waals surface area (Å²) in [6.07, 6.45) is 1.14. The van der Waals surface area contributed by atoms with E-state index in [1.165, 1.54) is 6.07 Å². The molecule has 1 aliphatic heterocycles. The predicted octanol–water partition coefficient (Wildman–Crippen LogP) is 1.10. The van der Waals surface area contributed by atoms with E-state index < -0.39 is 9.84 Å². The first-order valence-electron chi connectivity index (χ1n) is 6.68. The fourth-order valence-electron chi connectivity index (χ4n) is 2.51. The summed E-state index contributed by atoms with van der Waals surface area (Å²) in [4.78, 5) is 4.55. The molecule has 6 heteroatoms. The monoisotopic (exact) mass is 293 g/mol. The molecule has 0 amide bonds. The lowest BCUT2D eigenvalue weighted by Crippen LogP contribution is -2.46. The first-order chi connectivity index (χ1) is 9.47. The van der Waals surface area contributed by atoms with Crippen molar-refractivity contribution in [2.24, 2.45) is 0 Å². The van der Waals surface area contributed by atoms with Crippen LogP contribution in [0, 0.1) is 11.3 Å². The van der Waals surface area contributed by atoms with E-state index in [1.807, 2.05) is 6.07 Å². The Morgan fingerprint density at radius 3 is 2.40 bits per heavy atom. The maximum atomic E-state index is 11.8. The Morgan fingerprint density at radius 2 is 1.90 bits per heavy atom. The molecule has 0 unspecified atom stereocenters. The van der Waals surface area contributed by atoms with Crippen LogP contribution in [0.5, 0.6) is 0 Å². The molecule has 1 saturated heterocycles. The highest BCUT2D eigenvalue weighted by atomic mass is 32.2. The molecule has 0 radical (unpaired) electrons. The number of benzene rings is 1. The van der Waals surface area contributed by atoms with Crippen LogP contribution in [0.1, 0.15) is 12.5 Å². The lowest BCUT2D eigenvalue weighted by atomic mass is 10.1. The number of nitriles is 1. The average Bonchev–Trinajstić information content (AvgIpc) is 2.45. The summed E-state index contributed by atoms with van der Waals surface area (Å²) in [6.45, 7) is 6.64. The second kappa shape index (κ2) is 5.81. The smallest absolute Gasteiger partial charge is 0.176 e. The minimum Gasteiger partial charge on any atom is -0.368 e. The zero-order valence-corrected chi connectivity index (χ0v) is 12.7. The Labute approximate surface area is 120 Å². The molecule has 0 aliphatic carbocycles. The standard InChI is InChI=1S/C14H19N3O2S/c1-3-16-7-9-17(10-8-16)13-5-4-6-14(12(13)11-15)20(2,18)19/h4-6H,3,7-10H2,1-2H3. The van der Waals surface area contributed by atoms with Crippen LogP contribution < -0.4 is 4.90 Å². The summed E-state index contributed by atoms with van der Waals surface area (Å²) in [5.41, 5.74) is 0.992. The van der Waals surface area contributed by atoms with Gasteiger partial charge in [-0.25, -0.2) is 8.42 Å². The van der Waals surface area contributed by atoms with Gasteiger partial charge in [-0.3, -0.25) is 0 Å². The second-order valence-corrected chi connectivity index (χ2v) is 6.94. The van der Waals surface area contributed by atoms with Gasteiger partial charge in [0.15, 0.2) is 9.84 Å². The molecule has 1 aromatic carbocycles. The lowest BCUT2D eigenvalue weighted by Gasteiger charge is -2.36. The molecule has 0 atom stereocenters. The van der Waals surface area contributed by atoms with Crippen LogP contribution in [0.25, 0.3) is 0 Å². The summed E-state index contributed by atoms with van der Waals surface area (Å²) in [5, 5.41) is 9.34. The minimum absolute atomic E-state index is 0.121. The van der Waals surface area contributed by atoms with E-state index in [4.69, 9.17) is 0 Å². The van der Waals surface area contributed by atoms with Gasteiger partial charge in [0.2, 0.25) is 0 Å². The number of rotatable bonds is 3. The molecular weight excluding hydrogens is 274 g/mol. The summed E-state index contributed by atoms with van der Waals surface area (Å²) < 4.78 is 23.5. The third-order valence-electron chi connectivity index (χ3n) is 3.68. The summed E-state index contributed by atoms with van der Waals surface area (Å²) >= 11 is 0. The number of anilines is 1. The first kappa shape index (κ1) is 14.8. The van der Waals surface area contributed by atoms with Gasteiger partial charge in [0.25, 0.3) is 0 Å². The molecule has 1 aromatic rings. The molecule has 0 aromatic heterocycles. The fourth-order valence-corrected chi connectivity index (χ4v) is 3.36. The number of hydrogen-bond acceptors (Lipinski definition) is 5. The number of nitrogens with zero attached hydrogens (tertiary/aromatic N) is 3. The SMILES string of the molecule is CCN1CCN(c2cccc(S(C)(=O)=O)c2C#N)CC1. The minimum atomic E-state index is -3.38. The van der Waals surface area contributed by atoms with Gasteiger partial charge in [-0.1, -0.05) is 13.0 Å². The normalized spacial score (nSPS) is 16.9. The zero-order chi connectivity index (χ0) is 14.8. The molecule has 0 saturated carbocycles. The molecular formula is C14H19N3O2S. The number of likely N-dealkylation sites (N-methyl/N-ethyl adjacent to an activating group) is 1. The predicted molar refractivity (Wildman–Crippen MR) is 78.6 cm³/mol. The fraction of sp³-hybridized carbons (Fsp3) is 0.500. The van der Waals surface area contributed by atoms with Gasteiger partial charge in [-0.2, -0.15) is 5.26 Å². The molecule has 0 spiro atoms. The van der Waals surface area contributed by atoms with Crippen molar-refractivity contribution in [3.05, 3.63) is 23.8 Å². The molecule has 0 bridgehead atoms. The van der Waals surface area contributed by atoms with Crippen molar-refractivity contribution in [1.82, 2.24) is 4.90 Å². The summed E-state index contributed by atoms with van der Waals surface area (Å²) in [6, 6.07) is 7.09. The molecule has 0 N–H and O–H groups in total. The average molecular weight is 293 g/mol. The number of sulfone groups is 1. The Kier molecular flexibility index (Phi) is 4.31. The van der Waals surface area contributed by atoms with Crippen LogP contribution in [-0.4, -0.2) is 52.3 Å². The highest BCUT2D eigenvalue weighted by Gasteiger charge is 2.22. The van der Waals surface area contributed by atoms with Crippen molar-refractivity contribution < 1.29 is 8.42 Å². The first-order valence-corrected chi connectivity index (χ1v) is 8.57. The molecule has 5 nitrogen and oxygen atoms in total. The topological polar surface area (TPSA) is 64.4 Å². The van der Waals surface area contributed by atoms with Crippen molar-refractivity contribution >= 4 is 15.5 Å². The van der Waals surface area contributed by atoms with Crippen molar-refractivity contribution in [3.8, 4) is 6.07 Å². The zero-order valence-electron chi connectivity index (χ0n) is 11.8. The molecule has 20 heavy (non-hydrogen) atoms. The molecule has 1 fully saturated rings. The highest BCUT2D eigenvalue weighted by molar-refractivity contribution is 7.90. The number of hydrogen-bond donors (Lipinski definition) is 0. The van der Waals surface area contributed by atoms with E-state index in [0.29, 0.717) is 0 Å². The third-order valence-corrected chi connectivity index (χ3v) is 4.81. The van der Waals surface area contributed by atoms with Gasteiger partial charge in [0.1, 0.15) is 6.07 Å². The van der Waals surface area contributed by atoms with Gasteiger partial charge in [0, 0.05) is 32.4 Å². The van der Waals surface area contributed by atoms with Crippen molar-refractivity contribution in [3.63, 3.8) is 0 Å². The largest absolute Gasteiger partial charge is 0.368 e. The van der Waals surface area contributed by atoms with Gasteiger partial charge < -0.3 is 9.80 Å². The van der Waals surface area contributed by atoms with Crippen LogP contribution in [0.3, 0.4) is 0 Å². The highest BCUT2D eigenvalue weighted by Crippen LogP contribution is 2.27. The van der Waals surface area contributed by atoms with E-state index in [0.717, 1.165) is 44.7 Å². The van der Waals surface area contributed by atoms with Gasteiger partial charge in [-0.05, 0) is 18.7 Å². The van der Waals surface area contributed by atoms with E-state index in [2.05, 4.69) is 22.8 Å². The number of piperazine rings is 1. The molecule has 1 heterocycles. The maximum absolute atomic E-state index is 11.8. The van der Waals surface area contributed by atoms with Crippen molar-refractivity contribution in [1.29, 1.82) is 5.26 Å². The van der Waals surface area contributed by atoms with E-state index >= 15 is 0 Å². The van der Waals surface area contributed by atoms with Gasteiger partial charge >= 0.3 is 0 Å². The van der Waals surface area contributed by atoms with Crippen LogP contribution in [0.2, 0.25) is 0 Å². The van der Waals surface area contributed by atoms with Crippen LogP contribution in [-0.2, 0) is 9.84 Å². The Morgan fingerprint density at radius 1 is 1.25 bits per heavy atom. The van der Waals surface area contributed by atoms with Crippen molar-refractivity contribution in [2.75, 3.05) is 43.9 Å². The van der Waals surface area contributed by atoms with Crippen LogP contribution in [0.15, 0.2) is 23.1 Å². The lowest BCUT2D eigenvalue weighted by molar-refractivity contribution is 0.271. The van der Waals surface area contributed by atoms with Crippen molar-refractivity contribution in [2.45, 2.75) is 11.8 Å². The summed E-state index contributed by atoms with van der Waals surface area (Å²) in [5.74, 6) is 0. The third kappa shape index (κ3) is 2.94. The Hall–Kier alpha value is -1.58. The van der Waals surface area contributed by atoms with Crippen LogP contribution in [0.4, 0.5) is 5.69 Å². The molecule has 1 aliphatic rings. The summed E-state index contributed by atoms with van der Waals surface area (Å²) in [7, 11) is -3.38. The van der Waals surface area contributed by atoms with Gasteiger partial charge in [-0.15, -0.1) is 0 Å². The molecule has 2 rings (SSSR count). The second-order valence-electron chi connectivity index (χ2n) is 4.96. The Bertz CT molecular complexity index is 626. The quantitative estimate of drug-likeness (QED) is 0.835. The Balaban J connectivity index is 2.37.